The maximum absolute atomic E-state index is 11.2. The number of rotatable bonds is 2. The topological polar surface area (TPSA) is 67.2 Å². The SMILES string of the molecule is CC(C)n1ncc2c1N[C@@H](C)C[C@@H]2C(=O)O. The van der Waals surface area contributed by atoms with Gasteiger partial charge in [0, 0.05) is 17.6 Å². The van der Waals surface area contributed by atoms with Crippen LogP contribution in [0, 0.1) is 0 Å². The van der Waals surface area contributed by atoms with Crippen LogP contribution in [0.3, 0.4) is 0 Å². The molecular weight excluding hydrogens is 206 g/mol. The molecule has 16 heavy (non-hydrogen) atoms. The van der Waals surface area contributed by atoms with Gasteiger partial charge in [-0.2, -0.15) is 5.10 Å². The maximum Gasteiger partial charge on any atom is 0.311 e. The average molecular weight is 223 g/mol. The molecule has 0 spiro atoms. The molecule has 0 bridgehead atoms. The number of aliphatic carboxylic acids is 1. The molecule has 0 unspecified atom stereocenters. The van der Waals surface area contributed by atoms with Crippen molar-refractivity contribution in [2.75, 3.05) is 5.32 Å². The second-order valence-electron chi connectivity index (χ2n) is 4.66. The third kappa shape index (κ3) is 1.66. The highest BCUT2D eigenvalue weighted by Gasteiger charge is 2.32. The van der Waals surface area contributed by atoms with E-state index in [-0.39, 0.29) is 12.1 Å². The molecule has 0 radical (unpaired) electrons. The summed E-state index contributed by atoms with van der Waals surface area (Å²) < 4.78 is 1.85. The summed E-state index contributed by atoms with van der Waals surface area (Å²) in [5.41, 5.74) is 0.805. The first-order chi connectivity index (χ1) is 7.50. The largest absolute Gasteiger partial charge is 0.481 e. The van der Waals surface area contributed by atoms with E-state index in [1.807, 2.05) is 25.5 Å². The number of hydrogen-bond donors (Lipinski definition) is 2. The summed E-state index contributed by atoms with van der Waals surface area (Å²) >= 11 is 0. The van der Waals surface area contributed by atoms with Gasteiger partial charge in [0.25, 0.3) is 0 Å². The van der Waals surface area contributed by atoms with E-state index in [0.717, 1.165) is 11.4 Å². The van der Waals surface area contributed by atoms with Gasteiger partial charge >= 0.3 is 5.97 Å². The molecule has 0 amide bonds. The average Bonchev–Trinajstić information content (AvgIpc) is 2.59. The third-order valence-corrected chi connectivity index (χ3v) is 2.96. The van der Waals surface area contributed by atoms with Crippen LogP contribution >= 0.6 is 0 Å². The number of carboxylic acids is 1. The summed E-state index contributed by atoms with van der Waals surface area (Å²) in [4.78, 5) is 11.2. The van der Waals surface area contributed by atoms with Crippen LogP contribution in [0.1, 0.15) is 44.7 Å². The van der Waals surface area contributed by atoms with Crippen LogP contribution in [0.25, 0.3) is 0 Å². The van der Waals surface area contributed by atoms with Crippen molar-refractivity contribution in [2.24, 2.45) is 0 Å². The number of fused-ring (bicyclic) bond motifs is 1. The van der Waals surface area contributed by atoms with Crippen LogP contribution in [0.5, 0.6) is 0 Å². The zero-order valence-corrected chi connectivity index (χ0v) is 9.77. The molecule has 0 saturated carbocycles. The van der Waals surface area contributed by atoms with Gasteiger partial charge in [-0.05, 0) is 27.2 Å². The Balaban J connectivity index is 2.45. The van der Waals surface area contributed by atoms with E-state index in [4.69, 9.17) is 0 Å². The lowest BCUT2D eigenvalue weighted by Crippen LogP contribution is -2.30. The van der Waals surface area contributed by atoms with Gasteiger partial charge in [-0.3, -0.25) is 4.79 Å². The number of aromatic nitrogens is 2. The van der Waals surface area contributed by atoms with Crippen molar-refractivity contribution >= 4 is 11.8 Å². The molecule has 0 aromatic carbocycles. The monoisotopic (exact) mass is 223 g/mol. The number of anilines is 1. The molecule has 2 atom stereocenters. The molecule has 1 aliphatic heterocycles. The smallest absolute Gasteiger partial charge is 0.311 e. The van der Waals surface area contributed by atoms with E-state index in [1.54, 1.807) is 6.20 Å². The molecule has 1 aromatic heterocycles. The normalized spacial score (nSPS) is 24.0. The summed E-state index contributed by atoms with van der Waals surface area (Å²) in [6.07, 6.45) is 2.29. The number of carboxylic acid groups (broad SMARTS) is 1. The molecule has 0 saturated heterocycles. The first kappa shape index (κ1) is 11.0. The van der Waals surface area contributed by atoms with E-state index in [0.29, 0.717) is 6.42 Å². The van der Waals surface area contributed by atoms with Crippen LogP contribution < -0.4 is 5.32 Å². The first-order valence-electron chi connectivity index (χ1n) is 5.57. The minimum absolute atomic E-state index is 0.169. The lowest BCUT2D eigenvalue weighted by molar-refractivity contribution is -0.139. The van der Waals surface area contributed by atoms with Crippen molar-refractivity contribution in [3.8, 4) is 0 Å². The highest BCUT2D eigenvalue weighted by molar-refractivity contribution is 5.79. The van der Waals surface area contributed by atoms with Gasteiger partial charge in [-0.25, -0.2) is 4.68 Å². The Kier molecular flexibility index (Phi) is 2.61. The van der Waals surface area contributed by atoms with Crippen molar-refractivity contribution in [3.63, 3.8) is 0 Å². The summed E-state index contributed by atoms with van der Waals surface area (Å²) in [6, 6.07) is 0.402. The van der Waals surface area contributed by atoms with Gasteiger partial charge in [0.1, 0.15) is 5.82 Å². The number of hydrogen-bond acceptors (Lipinski definition) is 3. The van der Waals surface area contributed by atoms with Crippen molar-refractivity contribution in [1.29, 1.82) is 0 Å². The quantitative estimate of drug-likeness (QED) is 0.802. The third-order valence-electron chi connectivity index (χ3n) is 2.96. The fourth-order valence-corrected chi connectivity index (χ4v) is 2.18. The lowest BCUT2D eigenvalue weighted by atomic mass is 9.91. The van der Waals surface area contributed by atoms with E-state index < -0.39 is 11.9 Å². The molecule has 2 heterocycles. The van der Waals surface area contributed by atoms with E-state index >= 15 is 0 Å². The van der Waals surface area contributed by atoms with Gasteiger partial charge in [0.15, 0.2) is 0 Å². The van der Waals surface area contributed by atoms with Crippen molar-refractivity contribution in [2.45, 2.75) is 45.2 Å². The van der Waals surface area contributed by atoms with E-state index in [9.17, 15) is 9.90 Å². The Bertz CT molecular complexity index is 411. The second kappa shape index (κ2) is 3.81. The van der Waals surface area contributed by atoms with Crippen LogP contribution in [0.15, 0.2) is 6.20 Å². The predicted octanol–water partition coefficient (Wildman–Crippen LogP) is 1.84. The lowest BCUT2D eigenvalue weighted by Gasteiger charge is -2.27. The van der Waals surface area contributed by atoms with Crippen LogP contribution in [-0.4, -0.2) is 26.9 Å². The van der Waals surface area contributed by atoms with Gasteiger partial charge in [-0.1, -0.05) is 0 Å². The summed E-state index contributed by atoms with van der Waals surface area (Å²) in [5.74, 6) is -0.335. The van der Waals surface area contributed by atoms with Crippen molar-refractivity contribution in [1.82, 2.24) is 9.78 Å². The fourth-order valence-electron chi connectivity index (χ4n) is 2.18. The Morgan fingerprint density at radius 2 is 2.38 bits per heavy atom. The zero-order valence-electron chi connectivity index (χ0n) is 9.77. The molecule has 1 aliphatic rings. The molecule has 5 heteroatoms. The molecule has 0 fully saturated rings. The molecule has 0 aliphatic carbocycles. The molecule has 1 aromatic rings. The van der Waals surface area contributed by atoms with E-state index in [1.165, 1.54) is 0 Å². The fraction of sp³-hybridized carbons (Fsp3) is 0.636. The van der Waals surface area contributed by atoms with E-state index in [2.05, 4.69) is 10.4 Å². The zero-order chi connectivity index (χ0) is 11.9. The van der Waals surface area contributed by atoms with Crippen LogP contribution in [-0.2, 0) is 4.79 Å². The number of nitrogens with zero attached hydrogens (tertiary/aromatic N) is 2. The second-order valence-corrected chi connectivity index (χ2v) is 4.66. The van der Waals surface area contributed by atoms with Gasteiger partial charge < -0.3 is 10.4 Å². The summed E-state index contributed by atoms with van der Waals surface area (Å²) in [5, 5.41) is 16.8. The van der Waals surface area contributed by atoms with Crippen LogP contribution in [0.2, 0.25) is 0 Å². The maximum atomic E-state index is 11.2. The highest BCUT2D eigenvalue weighted by Crippen LogP contribution is 2.35. The van der Waals surface area contributed by atoms with Gasteiger partial charge in [0.05, 0.1) is 12.1 Å². The minimum atomic E-state index is -0.766. The first-order valence-corrected chi connectivity index (χ1v) is 5.57. The molecule has 2 N–H and O–H groups in total. The van der Waals surface area contributed by atoms with Crippen molar-refractivity contribution < 1.29 is 9.90 Å². The highest BCUT2D eigenvalue weighted by atomic mass is 16.4. The number of carbonyl (C=O) groups is 1. The van der Waals surface area contributed by atoms with Crippen molar-refractivity contribution in [3.05, 3.63) is 11.8 Å². The Hall–Kier alpha value is -1.52. The summed E-state index contributed by atoms with van der Waals surface area (Å²) in [6.45, 7) is 6.06. The molecular formula is C11H17N3O2. The summed E-state index contributed by atoms with van der Waals surface area (Å²) in [7, 11) is 0. The molecule has 5 nitrogen and oxygen atoms in total. The van der Waals surface area contributed by atoms with Crippen LogP contribution in [0.4, 0.5) is 5.82 Å². The number of nitrogens with one attached hydrogen (secondary N) is 1. The Morgan fingerprint density at radius 3 is 2.94 bits per heavy atom. The minimum Gasteiger partial charge on any atom is -0.481 e. The Morgan fingerprint density at radius 1 is 1.69 bits per heavy atom. The molecule has 88 valence electrons. The van der Waals surface area contributed by atoms with Gasteiger partial charge in [-0.15, -0.1) is 0 Å². The van der Waals surface area contributed by atoms with Gasteiger partial charge in [0.2, 0.25) is 0 Å². The molecule has 2 rings (SSSR count). The standard InChI is InChI=1S/C11H17N3O2/c1-6(2)14-10-9(5-12-14)8(11(15)16)4-7(3)13-10/h5-8,13H,4H2,1-3H3,(H,15,16)/t7-,8-/m0/s1. The predicted molar refractivity (Wildman–Crippen MR) is 60.7 cm³/mol. The Labute approximate surface area is 94.5 Å².